The minimum atomic E-state index is -4.49. The molecule has 4 nitrogen and oxygen atoms in total. The number of carbonyl (C=O) groups excluding carboxylic acids is 2. The number of rotatable bonds is 9. The smallest absolute Gasteiger partial charge is 0.336 e. The van der Waals surface area contributed by atoms with E-state index in [1.807, 2.05) is 0 Å². The standard InChI is InChI=1S/C25H23Cl3F6N2O2/c1-12-8-14(4-5-16(12)23(38)36-13(2)35-21(37)6-7-25(32,33)34)20(29)11-17(24(3,30)31)15-9-18(26)22(28)19(27)10-15/h4-5,8-11,13,17H,6-7H2,1-3H3,(H,35,37)(H,36,38)/b20-11-. The van der Waals surface area contributed by atoms with Gasteiger partial charge < -0.3 is 10.6 Å². The third-order valence-electron chi connectivity index (χ3n) is 5.33. The zero-order valence-electron chi connectivity index (χ0n) is 20.3. The maximum atomic E-state index is 15.1. The predicted molar refractivity (Wildman–Crippen MR) is 135 cm³/mol. The second-order valence-corrected chi connectivity index (χ2v) is 9.85. The van der Waals surface area contributed by atoms with Crippen LogP contribution in [0.1, 0.15) is 59.7 Å². The maximum Gasteiger partial charge on any atom is 0.389 e. The van der Waals surface area contributed by atoms with Gasteiger partial charge in [-0.3, -0.25) is 9.59 Å². The molecule has 0 saturated heterocycles. The number of hydrogen-bond donors (Lipinski definition) is 2. The van der Waals surface area contributed by atoms with Gasteiger partial charge in [0.05, 0.1) is 33.6 Å². The molecule has 38 heavy (non-hydrogen) atoms. The van der Waals surface area contributed by atoms with Crippen LogP contribution in [0.2, 0.25) is 15.1 Å². The van der Waals surface area contributed by atoms with Gasteiger partial charge in [0, 0.05) is 24.5 Å². The Morgan fingerprint density at radius 1 is 1.00 bits per heavy atom. The summed E-state index contributed by atoms with van der Waals surface area (Å²) in [5.41, 5.74) is 0.196. The summed E-state index contributed by atoms with van der Waals surface area (Å²) in [6.45, 7) is 3.44. The molecule has 0 spiro atoms. The van der Waals surface area contributed by atoms with Crippen LogP contribution in [0.15, 0.2) is 36.4 Å². The zero-order valence-corrected chi connectivity index (χ0v) is 22.5. The van der Waals surface area contributed by atoms with Crippen LogP contribution in [0.3, 0.4) is 0 Å². The number of amides is 2. The molecule has 0 aliphatic rings. The molecule has 2 unspecified atom stereocenters. The van der Waals surface area contributed by atoms with Crippen molar-refractivity contribution in [2.75, 3.05) is 0 Å². The summed E-state index contributed by atoms with van der Waals surface area (Å²) in [6.07, 6.45) is -6.88. The lowest BCUT2D eigenvalue weighted by molar-refractivity contribution is -0.144. The molecular weight excluding hydrogens is 581 g/mol. The molecule has 0 radical (unpaired) electrons. The molecule has 2 aromatic carbocycles. The molecule has 0 aliphatic carbocycles. The lowest BCUT2D eigenvalue weighted by Crippen LogP contribution is -2.46. The van der Waals surface area contributed by atoms with Crippen LogP contribution in [0.5, 0.6) is 0 Å². The molecule has 2 N–H and O–H groups in total. The van der Waals surface area contributed by atoms with Gasteiger partial charge in [0.15, 0.2) is 0 Å². The molecule has 0 heterocycles. The molecule has 13 heteroatoms. The van der Waals surface area contributed by atoms with Crippen molar-refractivity contribution >= 4 is 52.4 Å². The van der Waals surface area contributed by atoms with E-state index in [9.17, 15) is 31.5 Å². The number of aryl methyl sites for hydroxylation is 1. The monoisotopic (exact) mass is 602 g/mol. The molecule has 0 aliphatic heterocycles. The summed E-state index contributed by atoms with van der Waals surface area (Å²) in [6, 6.07) is 6.06. The second-order valence-electron chi connectivity index (χ2n) is 8.65. The van der Waals surface area contributed by atoms with E-state index in [4.69, 9.17) is 34.8 Å². The number of carbonyl (C=O) groups is 2. The number of halogens is 9. The molecule has 2 atom stereocenters. The van der Waals surface area contributed by atoms with Gasteiger partial charge in [-0.2, -0.15) is 13.2 Å². The van der Waals surface area contributed by atoms with E-state index in [2.05, 4.69) is 10.6 Å². The van der Waals surface area contributed by atoms with Gasteiger partial charge in [-0.25, -0.2) is 13.2 Å². The molecule has 0 fully saturated rings. The average Bonchev–Trinajstić information content (AvgIpc) is 2.77. The van der Waals surface area contributed by atoms with E-state index >= 15 is 4.39 Å². The van der Waals surface area contributed by atoms with Crippen molar-refractivity contribution in [3.63, 3.8) is 0 Å². The van der Waals surface area contributed by atoms with Crippen molar-refractivity contribution in [1.82, 2.24) is 10.6 Å². The van der Waals surface area contributed by atoms with Crippen LogP contribution in [-0.2, 0) is 4.79 Å². The van der Waals surface area contributed by atoms with E-state index in [0.717, 1.165) is 0 Å². The van der Waals surface area contributed by atoms with Crippen LogP contribution in [0, 0.1) is 6.92 Å². The highest BCUT2D eigenvalue weighted by atomic mass is 35.5. The summed E-state index contributed by atoms with van der Waals surface area (Å²) < 4.78 is 80.7. The molecule has 0 saturated carbocycles. The Morgan fingerprint density at radius 3 is 2.08 bits per heavy atom. The van der Waals surface area contributed by atoms with E-state index in [0.29, 0.717) is 13.0 Å². The number of alkyl halides is 5. The highest BCUT2D eigenvalue weighted by molar-refractivity contribution is 6.48. The Labute approximate surface area is 230 Å². The molecule has 2 aromatic rings. The van der Waals surface area contributed by atoms with Crippen LogP contribution >= 0.6 is 34.8 Å². The van der Waals surface area contributed by atoms with E-state index in [-0.39, 0.29) is 37.3 Å². The zero-order chi connectivity index (χ0) is 29.0. The van der Waals surface area contributed by atoms with Crippen molar-refractivity contribution in [3.8, 4) is 0 Å². The largest absolute Gasteiger partial charge is 0.389 e. The summed E-state index contributed by atoms with van der Waals surface area (Å²) >= 11 is 17.8. The molecule has 2 amide bonds. The molecule has 0 aromatic heterocycles. The van der Waals surface area contributed by atoms with Crippen LogP contribution in [0.25, 0.3) is 5.83 Å². The fourth-order valence-corrected chi connectivity index (χ4v) is 4.09. The molecule has 2 rings (SSSR count). The fraction of sp³-hybridized carbons (Fsp3) is 0.360. The summed E-state index contributed by atoms with van der Waals surface area (Å²) in [4.78, 5) is 24.2. The fourth-order valence-electron chi connectivity index (χ4n) is 3.48. The first kappa shape index (κ1) is 31.8. The summed E-state index contributed by atoms with van der Waals surface area (Å²) in [5.74, 6) is -7.75. The second kappa shape index (κ2) is 12.6. The lowest BCUT2D eigenvalue weighted by Gasteiger charge is -2.22. The molecular formula is C25H23Cl3F6N2O2. The molecule has 0 bridgehead atoms. The van der Waals surface area contributed by atoms with Gasteiger partial charge in [0.2, 0.25) is 5.91 Å². The Balaban J connectivity index is 2.21. The Bertz CT molecular complexity index is 1210. The number of benzene rings is 2. The lowest BCUT2D eigenvalue weighted by atomic mass is 9.91. The first-order chi connectivity index (χ1) is 17.4. The maximum absolute atomic E-state index is 15.1. The van der Waals surface area contributed by atoms with Crippen molar-refractivity contribution in [3.05, 3.63) is 73.7 Å². The highest BCUT2D eigenvalue weighted by Crippen LogP contribution is 2.41. The first-order valence-electron chi connectivity index (χ1n) is 11.1. The number of hydrogen-bond acceptors (Lipinski definition) is 2. The van der Waals surface area contributed by atoms with Crippen molar-refractivity contribution < 1.29 is 35.9 Å². The quantitative estimate of drug-likeness (QED) is 0.172. The Hall–Kier alpha value is -2.43. The van der Waals surface area contributed by atoms with Gasteiger partial charge in [-0.05, 0) is 55.3 Å². The van der Waals surface area contributed by atoms with Gasteiger partial charge >= 0.3 is 6.18 Å². The minimum absolute atomic E-state index is 0.0283. The van der Waals surface area contributed by atoms with E-state index < -0.39 is 54.7 Å². The summed E-state index contributed by atoms with van der Waals surface area (Å²) in [7, 11) is 0. The normalized spacial score (nSPS) is 14.2. The average molecular weight is 604 g/mol. The summed E-state index contributed by atoms with van der Waals surface area (Å²) in [5, 5.41) is 4.46. The van der Waals surface area contributed by atoms with Gasteiger partial charge in [0.1, 0.15) is 5.83 Å². The van der Waals surface area contributed by atoms with Crippen LogP contribution < -0.4 is 10.6 Å². The Morgan fingerprint density at radius 2 is 1.58 bits per heavy atom. The van der Waals surface area contributed by atoms with Crippen LogP contribution in [0.4, 0.5) is 26.3 Å². The van der Waals surface area contributed by atoms with Gasteiger partial charge in [-0.1, -0.05) is 40.9 Å². The minimum Gasteiger partial charge on any atom is -0.336 e. The Kier molecular flexibility index (Phi) is 10.6. The van der Waals surface area contributed by atoms with Gasteiger partial charge in [0.25, 0.3) is 11.8 Å². The van der Waals surface area contributed by atoms with Gasteiger partial charge in [-0.15, -0.1) is 0 Å². The number of nitrogens with one attached hydrogen (secondary N) is 2. The van der Waals surface area contributed by atoms with Crippen molar-refractivity contribution in [2.24, 2.45) is 0 Å². The third kappa shape index (κ3) is 9.10. The number of allylic oxidation sites excluding steroid dienone is 1. The van der Waals surface area contributed by atoms with E-state index in [1.54, 1.807) is 0 Å². The topological polar surface area (TPSA) is 58.2 Å². The van der Waals surface area contributed by atoms with Crippen molar-refractivity contribution in [1.29, 1.82) is 0 Å². The SMILES string of the molecule is Cc1cc(/C(F)=C/C(c2cc(Cl)c(Cl)c(Cl)c2)C(C)(F)F)ccc1C(=O)NC(C)NC(=O)CCC(F)(F)F. The highest BCUT2D eigenvalue weighted by Gasteiger charge is 2.35. The predicted octanol–water partition coefficient (Wildman–Crippen LogP) is 8.24. The first-order valence-corrected chi connectivity index (χ1v) is 12.2. The van der Waals surface area contributed by atoms with E-state index in [1.165, 1.54) is 44.2 Å². The van der Waals surface area contributed by atoms with Crippen LogP contribution in [-0.4, -0.2) is 30.1 Å². The van der Waals surface area contributed by atoms with Crippen molar-refractivity contribution in [2.45, 2.75) is 57.8 Å². The molecule has 208 valence electrons. The third-order valence-corrected chi connectivity index (χ3v) is 6.53.